The lowest BCUT2D eigenvalue weighted by molar-refractivity contribution is 0.0845. The molecule has 10 heteroatoms. The summed E-state index contributed by atoms with van der Waals surface area (Å²) in [6, 6.07) is 11.2. The van der Waals surface area contributed by atoms with Crippen LogP contribution in [0, 0.1) is 0 Å². The fourth-order valence-corrected chi connectivity index (χ4v) is 3.86. The predicted molar refractivity (Wildman–Crippen MR) is 104 cm³/mol. The Bertz CT molecular complexity index is 985. The van der Waals surface area contributed by atoms with Crippen LogP contribution in [-0.2, 0) is 14.8 Å². The lowest BCUT2D eigenvalue weighted by Crippen LogP contribution is -2.41. The summed E-state index contributed by atoms with van der Waals surface area (Å²) < 4.78 is 32.5. The van der Waals surface area contributed by atoms with Crippen LogP contribution in [0.2, 0.25) is 0 Å². The number of sulfonamides is 1. The van der Waals surface area contributed by atoms with Gasteiger partial charge < -0.3 is 9.84 Å². The summed E-state index contributed by atoms with van der Waals surface area (Å²) in [5, 5.41) is 9.64. The highest BCUT2D eigenvalue weighted by molar-refractivity contribution is 7.89. The Kier molecular flexibility index (Phi) is 6.47. The Morgan fingerprint density at radius 2 is 1.72 bits per heavy atom. The first-order chi connectivity index (χ1) is 13.9. The summed E-state index contributed by atoms with van der Waals surface area (Å²) in [6.07, 6.45) is 1.60. The first kappa shape index (κ1) is 20.8. The Morgan fingerprint density at radius 1 is 1.03 bits per heavy atom. The molecule has 0 bridgehead atoms. The van der Waals surface area contributed by atoms with E-state index in [4.69, 9.17) is 4.74 Å². The number of hydrazine groups is 1. The summed E-state index contributed by atoms with van der Waals surface area (Å²) in [5.41, 5.74) is 4.56. The first-order valence-electron chi connectivity index (χ1n) is 8.97. The number of phenolic OH excluding ortho intramolecular Hbond substituents is 1. The number of phenols is 1. The third kappa shape index (κ3) is 5.31. The summed E-state index contributed by atoms with van der Waals surface area (Å²) >= 11 is 0. The second kappa shape index (κ2) is 9.03. The lowest BCUT2D eigenvalue weighted by atomic mass is 10.2. The minimum absolute atomic E-state index is 0.00607. The molecule has 29 heavy (non-hydrogen) atoms. The van der Waals surface area contributed by atoms with Crippen LogP contribution in [0.25, 0.3) is 0 Å². The van der Waals surface area contributed by atoms with Crippen molar-refractivity contribution in [3.05, 3.63) is 59.7 Å². The molecule has 0 aliphatic carbocycles. The highest BCUT2D eigenvalue weighted by Crippen LogP contribution is 2.15. The zero-order valence-electron chi connectivity index (χ0n) is 15.4. The molecule has 1 saturated heterocycles. The molecule has 1 fully saturated rings. The summed E-state index contributed by atoms with van der Waals surface area (Å²) in [7, 11) is -3.72. The fraction of sp³-hybridized carbons (Fsp3) is 0.263. The first-order valence-corrected chi connectivity index (χ1v) is 10.4. The van der Waals surface area contributed by atoms with Gasteiger partial charge in [0.2, 0.25) is 10.0 Å². The van der Waals surface area contributed by atoms with Crippen molar-refractivity contribution >= 4 is 21.8 Å². The second-order valence-electron chi connectivity index (χ2n) is 6.44. The molecule has 0 radical (unpaired) electrons. The normalized spacial score (nSPS) is 16.3. The maximum absolute atomic E-state index is 12.3. The highest BCUT2D eigenvalue weighted by Gasteiger charge is 2.20. The van der Waals surface area contributed by atoms with Gasteiger partial charge in [0.25, 0.3) is 11.8 Å². The van der Waals surface area contributed by atoms with E-state index in [1.54, 1.807) is 12.1 Å². The number of hydrogen-bond acceptors (Lipinski definition) is 6. The summed E-state index contributed by atoms with van der Waals surface area (Å²) in [6.45, 7) is 0.833. The van der Waals surface area contributed by atoms with Crippen molar-refractivity contribution < 1.29 is 27.9 Å². The molecule has 1 aliphatic rings. The Morgan fingerprint density at radius 3 is 2.38 bits per heavy atom. The third-order valence-electron chi connectivity index (χ3n) is 4.39. The zero-order chi connectivity index (χ0) is 20.9. The molecule has 2 aromatic carbocycles. The van der Waals surface area contributed by atoms with Gasteiger partial charge in [0.05, 0.1) is 16.6 Å². The van der Waals surface area contributed by atoms with Gasteiger partial charge in [-0.2, -0.15) is 0 Å². The number of nitrogens with one attached hydrogen (secondary N) is 3. The monoisotopic (exact) mass is 419 g/mol. The molecule has 0 saturated carbocycles. The van der Waals surface area contributed by atoms with Gasteiger partial charge in [-0.1, -0.05) is 12.1 Å². The summed E-state index contributed by atoms with van der Waals surface area (Å²) in [5.74, 6) is -1.54. The Balaban J connectivity index is 1.56. The molecule has 9 nitrogen and oxygen atoms in total. The van der Waals surface area contributed by atoms with Gasteiger partial charge in [0.15, 0.2) is 0 Å². The van der Waals surface area contributed by atoms with Crippen molar-refractivity contribution in [2.24, 2.45) is 0 Å². The van der Waals surface area contributed by atoms with Gasteiger partial charge in [0, 0.05) is 18.7 Å². The average molecular weight is 419 g/mol. The maximum atomic E-state index is 12.3. The zero-order valence-corrected chi connectivity index (χ0v) is 16.2. The van der Waals surface area contributed by atoms with Crippen molar-refractivity contribution in [3.8, 4) is 5.75 Å². The lowest BCUT2D eigenvalue weighted by Gasteiger charge is -2.12. The van der Waals surface area contributed by atoms with E-state index in [0.717, 1.165) is 12.8 Å². The number of aromatic hydroxyl groups is 1. The van der Waals surface area contributed by atoms with Gasteiger partial charge in [0.1, 0.15) is 5.75 Å². The molecule has 154 valence electrons. The fourth-order valence-electron chi connectivity index (χ4n) is 2.80. The SMILES string of the molecule is O=C(NNC(=O)c1ccccc1O)c1ccc(S(=O)(=O)NCC2CCCO2)cc1. The molecule has 4 N–H and O–H groups in total. The second-order valence-corrected chi connectivity index (χ2v) is 8.20. The van der Waals surface area contributed by atoms with Crippen LogP contribution in [0.5, 0.6) is 5.75 Å². The van der Waals surface area contributed by atoms with Gasteiger partial charge in [-0.25, -0.2) is 13.1 Å². The minimum atomic E-state index is -3.72. The van der Waals surface area contributed by atoms with Crippen LogP contribution in [0.4, 0.5) is 0 Å². The van der Waals surface area contributed by atoms with E-state index in [9.17, 15) is 23.1 Å². The standard InChI is InChI=1S/C19H21N3O6S/c23-17-6-2-1-5-16(17)19(25)22-21-18(24)13-7-9-15(10-8-13)29(26,27)20-12-14-4-3-11-28-14/h1-2,5-10,14,20,23H,3-4,11-12H2,(H,21,24)(H,22,25). The van der Waals surface area contributed by atoms with Crippen molar-refractivity contribution in [3.63, 3.8) is 0 Å². The maximum Gasteiger partial charge on any atom is 0.273 e. The highest BCUT2D eigenvalue weighted by atomic mass is 32.2. The molecular formula is C19H21N3O6S. The van der Waals surface area contributed by atoms with E-state index in [-0.39, 0.29) is 34.4 Å². The van der Waals surface area contributed by atoms with Gasteiger partial charge >= 0.3 is 0 Å². The Labute approximate surface area is 168 Å². The number of amides is 2. The van der Waals surface area contributed by atoms with Crippen molar-refractivity contribution in [1.29, 1.82) is 0 Å². The van der Waals surface area contributed by atoms with Crippen molar-refractivity contribution in [1.82, 2.24) is 15.6 Å². The van der Waals surface area contributed by atoms with Crippen LogP contribution in [0.15, 0.2) is 53.4 Å². The van der Waals surface area contributed by atoms with Gasteiger partial charge in [-0.3, -0.25) is 20.4 Å². The smallest absolute Gasteiger partial charge is 0.273 e. The number of benzene rings is 2. The molecule has 2 aromatic rings. The number of hydrogen-bond donors (Lipinski definition) is 4. The third-order valence-corrected chi connectivity index (χ3v) is 5.83. The summed E-state index contributed by atoms with van der Waals surface area (Å²) in [4.78, 5) is 24.2. The molecule has 1 atom stereocenters. The Hall–Kier alpha value is -2.95. The number of ether oxygens (including phenoxy) is 1. The van der Waals surface area contributed by atoms with Crippen molar-refractivity contribution in [2.45, 2.75) is 23.8 Å². The molecule has 3 rings (SSSR count). The number of para-hydroxylation sites is 1. The molecule has 0 spiro atoms. The van der Waals surface area contributed by atoms with Gasteiger partial charge in [-0.05, 0) is 49.2 Å². The number of carbonyl (C=O) groups excluding carboxylic acids is 2. The molecular weight excluding hydrogens is 398 g/mol. The van der Waals surface area contributed by atoms with E-state index < -0.39 is 21.8 Å². The topological polar surface area (TPSA) is 134 Å². The van der Waals surface area contributed by atoms with E-state index in [1.165, 1.54) is 36.4 Å². The minimum Gasteiger partial charge on any atom is -0.507 e. The average Bonchev–Trinajstić information content (AvgIpc) is 3.24. The molecule has 1 unspecified atom stereocenters. The van der Waals surface area contributed by atoms with E-state index in [1.807, 2.05) is 0 Å². The van der Waals surface area contributed by atoms with Gasteiger partial charge in [-0.15, -0.1) is 0 Å². The number of carbonyl (C=O) groups is 2. The van der Waals surface area contributed by atoms with Crippen LogP contribution in [0.3, 0.4) is 0 Å². The van der Waals surface area contributed by atoms with Crippen LogP contribution in [-0.4, -0.2) is 44.6 Å². The molecule has 1 heterocycles. The van der Waals surface area contributed by atoms with Crippen LogP contribution < -0.4 is 15.6 Å². The predicted octanol–water partition coefficient (Wildman–Crippen LogP) is 0.924. The molecule has 0 aromatic heterocycles. The van der Waals surface area contributed by atoms with E-state index in [0.29, 0.717) is 6.61 Å². The van der Waals surface area contributed by atoms with E-state index >= 15 is 0 Å². The molecule has 2 amide bonds. The largest absolute Gasteiger partial charge is 0.507 e. The van der Waals surface area contributed by atoms with Crippen LogP contribution >= 0.6 is 0 Å². The number of rotatable bonds is 6. The quantitative estimate of drug-likeness (QED) is 0.515. The van der Waals surface area contributed by atoms with Crippen LogP contribution in [0.1, 0.15) is 33.6 Å². The van der Waals surface area contributed by atoms with E-state index in [2.05, 4.69) is 15.6 Å². The molecule has 1 aliphatic heterocycles. The van der Waals surface area contributed by atoms with Crippen molar-refractivity contribution in [2.75, 3.05) is 13.2 Å².